The number of urea groups is 1. The van der Waals surface area contributed by atoms with E-state index in [1.165, 1.54) is 11.1 Å². The van der Waals surface area contributed by atoms with Crippen LogP contribution in [0.25, 0.3) is 0 Å². The Hall–Kier alpha value is -3.35. The molecule has 0 aliphatic rings. The van der Waals surface area contributed by atoms with E-state index in [9.17, 15) is 4.79 Å². The zero-order chi connectivity index (χ0) is 19.2. The zero-order valence-corrected chi connectivity index (χ0v) is 15.6. The van der Waals surface area contributed by atoms with Crippen molar-refractivity contribution in [2.45, 2.75) is 26.8 Å². The van der Waals surface area contributed by atoms with Crippen molar-refractivity contribution in [1.82, 2.24) is 15.5 Å². The van der Waals surface area contributed by atoms with E-state index < -0.39 is 6.03 Å². The van der Waals surface area contributed by atoms with Crippen molar-refractivity contribution in [2.75, 3.05) is 12.4 Å². The third-order valence-electron chi connectivity index (χ3n) is 4.14. The molecule has 0 radical (unpaired) electrons. The summed E-state index contributed by atoms with van der Waals surface area (Å²) in [4.78, 5) is 12.0. The standard InChI is InChI=1S/C20H22N4O3/c1-13-4-7-16(14(2)10-13)11-18-23-24-20(27-18)22-19(25)21-12-15-5-8-17(26-3)9-6-15/h4-10H,11-12H2,1-3H3,(H2,21,22,24,25). The highest BCUT2D eigenvalue weighted by Gasteiger charge is 2.11. The molecule has 0 saturated heterocycles. The summed E-state index contributed by atoms with van der Waals surface area (Å²) in [5, 5.41) is 13.2. The van der Waals surface area contributed by atoms with Crippen molar-refractivity contribution in [2.24, 2.45) is 0 Å². The highest BCUT2D eigenvalue weighted by atomic mass is 16.5. The average Bonchev–Trinajstić information content (AvgIpc) is 3.09. The number of aromatic nitrogens is 2. The first-order chi connectivity index (χ1) is 13.0. The Morgan fingerprint density at radius 3 is 2.59 bits per heavy atom. The van der Waals surface area contributed by atoms with Crippen LogP contribution in [-0.2, 0) is 13.0 Å². The molecule has 2 N–H and O–H groups in total. The Kier molecular flexibility index (Phi) is 5.71. The van der Waals surface area contributed by atoms with Gasteiger partial charge in [-0.1, -0.05) is 41.0 Å². The lowest BCUT2D eigenvalue weighted by Gasteiger charge is -2.06. The molecule has 3 aromatic rings. The number of carbonyl (C=O) groups excluding carboxylic acids is 1. The van der Waals surface area contributed by atoms with Gasteiger partial charge >= 0.3 is 12.0 Å². The molecule has 1 heterocycles. The number of benzene rings is 2. The average molecular weight is 366 g/mol. The van der Waals surface area contributed by atoms with Crippen LogP contribution in [0.2, 0.25) is 0 Å². The Morgan fingerprint density at radius 2 is 1.89 bits per heavy atom. The molecule has 27 heavy (non-hydrogen) atoms. The van der Waals surface area contributed by atoms with Crippen molar-refractivity contribution in [3.63, 3.8) is 0 Å². The third-order valence-corrected chi connectivity index (χ3v) is 4.14. The summed E-state index contributed by atoms with van der Waals surface area (Å²) in [7, 11) is 1.61. The highest BCUT2D eigenvalue weighted by Crippen LogP contribution is 2.16. The normalized spacial score (nSPS) is 10.5. The van der Waals surface area contributed by atoms with E-state index >= 15 is 0 Å². The molecule has 0 saturated carbocycles. The van der Waals surface area contributed by atoms with Gasteiger partial charge in [-0.25, -0.2) is 4.79 Å². The number of methoxy groups -OCH3 is 1. The van der Waals surface area contributed by atoms with E-state index in [0.29, 0.717) is 18.9 Å². The van der Waals surface area contributed by atoms with Gasteiger partial charge in [0.15, 0.2) is 0 Å². The number of nitrogens with one attached hydrogen (secondary N) is 2. The number of ether oxygens (including phenoxy) is 1. The van der Waals surface area contributed by atoms with E-state index in [2.05, 4.69) is 33.8 Å². The summed E-state index contributed by atoms with van der Waals surface area (Å²) in [5.41, 5.74) is 4.43. The maximum Gasteiger partial charge on any atom is 0.323 e. The fraction of sp³-hybridized carbons (Fsp3) is 0.250. The molecule has 7 heteroatoms. The molecule has 0 fully saturated rings. The van der Waals surface area contributed by atoms with Gasteiger partial charge in [0, 0.05) is 6.54 Å². The SMILES string of the molecule is COc1ccc(CNC(=O)Nc2nnc(Cc3ccc(C)cc3C)o2)cc1. The molecule has 1 aromatic heterocycles. The molecular weight excluding hydrogens is 344 g/mol. The summed E-state index contributed by atoms with van der Waals surface area (Å²) >= 11 is 0. The maximum atomic E-state index is 12.0. The molecule has 2 aromatic carbocycles. The van der Waals surface area contributed by atoms with Crippen LogP contribution >= 0.6 is 0 Å². The highest BCUT2D eigenvalue weighted by molar-refractivity contribution is 5.86. The minimum absolute atomic E-state index is 0.0713. The molecule has 0 bridgehead atoms. The van der Waals surface area contributed by atoms with Crippen molar-refractivity contribution < 1.29 is 13.9 Å². The Morgan fingerprint density at radius 1 is 1.11 bits per heavy atom. The topological polar surface area (TPSA) is 89.3 Å². The van der Waals surface area contributed by atoms with E-state index in [0.717, 1.165) is 16.9 Å². The lowest BCUT2D eigenvalue weighted by molar-refractivity contribution is 0.251. The Balaban J connectivity index is 1.52. The first kappa shape index (κ1) is 18.4. The monoisotopic (exact) mass is 366 g/mol. The summed E-state index contributed by atoms with van der Waals surface area (Å²) in [6.45, 7) is 4.47. The first-order valence-electron chi connectivity index (χ1n) is 8.60. The molecule has 0 atom stereocenters. The second-order valence-electron chi connectivity index (χ2n) is 6.26. The van der Waals surface area contributed by atoms with Crippen molar-refractivity contribution >= 4 is 12.0 Å². The van der Waals surface area contributed by atoms with Crippen LogP contribution in [0.15, 0.2) is 46.9 Å². The van der Waals surface area contributed by atoms with Crippen LogP contribution in [0.1, 0.15) is 28.1 Å². The van der Waals surface area contributed by atoms with Gasteiger partial charge < -0.3 is 14.5 Å². The number of hydrogen-bond donors (Lipinski definition) is 2. The van der Waals surface area contributed by atoms with Crippen LogP contribution in [0.3, 0.4) is 0 Å². The third kappa shape index (κ3) is 5.07. The molecule has 0 spiro atoms. The van der Waals surface area contributed by atoms with Crippen LogP contribution in [0.4, 0.5) is 10.8 Å². The largest absolute Gasteiger partial charge is 0.497 e. The van der Waals surface area contributed by atoms with Crippen molar-refractivity contribution in [1.29, 1.82) is 0 Å². The molecule has 0 aliphatic carbocycles. The predicted molar refractivity (Wildman–Crippen MR) is 102 cm³/mol. The van der Waals surface area contributed by atoms with Crippen LogP contribution in [0.5, 0.6) is 5.75 Å². The van der Waals surface area contributed by atoms with E-state index in [1.807, 2.05) is 43.3 Å². The van der Waals surface area contributed by atoms with E-state index in [4.69, 9.17) is 9.15 Å². The van der Waals surface area contributed by atoms with Crippen LogP contribution in [0, 0.1) is 13.8 Å². The lowest BCUT2D eigenvalue weighted by Crippen LogP contribution is -2.28. The van der Waals surface area contributed by atoms with Gasteiger partial charge in [-0.3, -0.25) is 5.32 Å². The van der Waals surface area contributed by atoms with E-state index in [-0.39, 0.29) is 6.01 Å². The molecule has 140 valence electrons. The summed E-state index contributed by atoms with van der Waals surface area (Å²) in [6.07, 6.45) is 0.522. The number of nitrogens with zero attached hydrogens (tertiary/aromatic N) is 2. The molecular formula is C20H22N4O3. The van der Waals surface area contributed by atoms with Gasteiger partial charge in [0.2, 0.25) is 5.89 Å². The smallest absolute Gasteiger partial charge is 0.323 e. The molecule has 3 rings (SSSR count). The number of carbonyl (C=O) groups is 1. The van der Waals surface area contributed by atoms with Gasteiger partial charge in [0.25, 0.3) is 0 Å². The Bertz CT molecular complexity index is 919. The van der Waals surface area contributed by atoms with Crippen LogP contribution < -0.4 is 15.4 Å². The fourth-order valence-corrected chi connectivity index (χ4v) is 2.65. The predicted octanol–water partition coefficient (Wildman–Crippen LogP) is 3.61. The van der Waals surface area contributed by atoms with Gasteiger partial charge in [-0.15, -0.1) is 5.10 Å². The van der Waals surface area contributed by atoms with Gasteiger partial charge in [0.05, 0.1) is 13.5 Å². The van der Waals surface area contributed by atoms with Gasteiger partial charge in [-0.05, 0) is 42.7 Å². The van der Waals surface area contributed by atoms with E-state index in [1.54, 1.807) is 7.11 Å². The lowest BCUT2D eigenvalue weighted by atomic mass is 10.0. The summed E-state index contributed by atoms with van der Waals surface area (Å²) in [6, 6.07) is 13.3. The number of rotatable bonds is 6. The summed E-state index contributed by atoms with van der Waals surface area (Å²) in [5.74, 6) is 1.22. The number of amides is 2. The first-order valence-corrected chi connectivity index (χ1v) is 8.60. The molecule has 7 nitrogen and oxygen atoms in total. The van der Waals surface area contributed by atoms with Crippen molar-refractivity contribution in [3.8, 4) is 5.75 Å². The second-order valence-corrected chi connectivity index (χ2v) is 6.26. The fourth-order valence-electron chi connectivity index (χ4n) is 2.65. The number of anilines is 1. The number of aryl methyl sites for hydroxylation is 2. The zero-order valence-electron chi connectivity index (χ0n) is 15.6. The minimum atomic E-state index is -0.410. The molecule has 0 unspecified atom stereocenters. The summed E-state index contributed by atoms with van der Waals surface area (Å²) < 4.78 is 10.6. The Labute approximate surface area is 157 Å². The molecule has 0 aliphatic heterocycles. The quantitative estimate of drug-likeness (QED) is 0.696. The van der Waals surface area contributed by atoms with Crippen LogP contribution in [-0.4, -0.2) is 23.3 Å². The van der Waals surface area contributed by atoms with Gasteiger partial charge in [-0.2, -0.15) is 0 Å². The van der Waals surface area contributed by atoms with Gasteiger partial charge in [0.1, 0.15) is 5.75 Å². The second kappa shape index (κ2) is 8.35. The molecule has 2 amide bonds. The van der Waals surface area contributed by atoms with Crippen molar-refractivity contribution in [3.05, 3.63) is 70.6 Å². The maximum absolute atomic E-state index is 12.0. The minimum Gasteiger partial charge on any atom is -0.497 e. The number of hydrogen-bond acceptors (Lipinski definition) is 5.